The molecule has 1 N–H and O–H groups in total. The monoisotopic (exact) mass is 235 g/mol. The first-order chi connectivity index (χ1) is 7.59. The van der Waals surface area contributed by atoms with E-state index in [0.29, 0.717) is 5.56 Å². The van der Waals surface area contributed by atoms with Crippen LogP contribution in [-0.2, 0) is 7.05 Å². The van der Waals surface area contributed by atoms with Crippen LogP contribution in [0.3, 0.4) is 0 Å². The molecule has 2 rings (SSSR count). The second-order valence-electron chi connectivity index (χ2n) is 3.33. The second-order valence-corrected chi connectivity index (χ2v) is 4.28. The summed E-state index contributed by atoms with van der Waals surface area (Å²) >= 11 is 1.41. The van der Waals surface area contributed by atoms with E-state index >= 15 is 0 Å². The van der Waals surface area contributed by atoms with Crippen molar-refractivity contribution in [3.63, 3.8) is 0 Å². The van der Waals surface area contributed by atoms with Gasteiger partial charge in [0.15, 0.2) is 0 Å². The minimum absolute atomic E-state index is 0.143. The summed E-state index contributed by atoms with van der Waals surface area (Å²) in [6, 6.07) is 4.98. The van der Waals surface area contributed by atoms with Gasteiger partial charge in [-0.05, 0) is 11.4 Å². The van der Waals surface area contributed by atoms with E-state index in [1.54, 1.807) is 6.07 Å². The zero-order valence-corrected chi connectivity index (χ0v) is 9.32. The van der Waals surface area contributed by atoms with Crippen LogP contribution >= 0.6 is 11.3 Å². The molecule has 0 unspecified atom stereocenters. The Bertz CT molecular complexity index is 584. The van der Waals surface area contributed by atoms with Crippen molar-refractivity contribution in [2.75, 3.05) is 0 Å². The zero-order valence-electron chi connectivity index (χ0n) is 8.51. The van der Waals surface area contributed by atoms with Gasteiger partial charge >= 0.3 is 5.97 Å². The normalized spacial score (nSPS) is 10.3. The highest BCUT2D eigenvalue weighted by atomic mass is 32.1. The first-order valence-electron chi connectivity index (χ1n) is 4.57. The third-order valence-corrected chi connectivity index (χ3v) is 3.15. The number of thiophene rings is 1. The summed E-state index contributed by atoms with van der Waals surface area (Å²) in [6.45, 7) is 0. The lowest BCUT2D eigenvalue weighted by molar-refractivity contribution is 0.0697. The van der Waals surface area contributed by atoms with Crippen LogP contribution in [0.5, 0.6) is 0 Å². The highest BCUT2D eigenvalue weighted by Crippen LogP contribution is 2.26. The van der Waals surface area contributed by atoms with E-state index in [2.05, 4.69) is 0 Å². The number of carboxylic acids is 1. The maximum Gasteiger partial charge on any atom is 0.337 e. The van der Waals surface area contributed by atoms with Gasteiger partial charge in [0.2, 0.25) is 0 Å². The molecule has 0 fully saturated rings. The third-order valence-electron chi connectivity index (χ3n) is 2.25. The molecule has 0 bridgehead atoms. The Balaban J connectivity index is 2.73. The van der Waals surface area contributed by atoms with Crippen LogP contribution in [0.1, 0.15) is 10.4 Å². The average molecular weight is 235 g/mol. The molecule has 0 spiro atoms. The second kappa shape index (κ2) is 3.94. The molecule has 0 aliphatic carbocycles. The lowest BCUT2D eigenvalue weighted by Gasteiger charge is -2.05. The molecule has 0 amide bonds. The van der Waals surface area contributed by atoms with E-state index in [9.17, 15) is 9.59 Å². The minimum Gasteiger partial charge on any atom is -0.478 e. The Labute approximate surface area is 95.4 Å². The topological polar surface area (TPSA) is 59.3 Å². The van der Waals surface area contributed by atoms with E-state index in [1.807, 2.05) is 11.4 Å². The number of pyridine rings is 1. The fourth-order valence-corrected chi connectivity index (χ4v) is 2.19. The SMILES string of the molecule is Cn1cc(C(=O)O)c(-c2cccs2)cc1=O. The third kappa shape index (κ3) is 1.77. The number of aromatic carboxylic acids is 1. The van der Waals surface area contributed by atoms with E-state index in [0.717, 1.165) is 4.88 Å². The maximum absolute atomic E-state index is 11.5. The van der Waals surface area contributed by atoms with Gasteiger partial charge in [-0.3, -0.25) is 4.79 Å². The molecule has 0 saturated carbocycles. The number of aryl methyl sites for hydroxylation is 1. The minimum atomic E-state index is -1.03. The number of hydrogen-bond acceptors (Lipinski definition) is 3. The van der Waals surface area contributed by atoms with Crippen LogP contribution in [0, 0.1) is 0 Å². The lowest BCUT2D eigenvalue weighted by Crippen LogP contribution is -2.18. The molecule has 0 aliphatic rings. The Hall–Kier alpha value is -1.88. The van der Waals surface area contributed by atoms with Crippen molar-refractivity contribution in [1.82, 2.24) is 4.57 Å². The van der Waals surface area contributed by atoms with Gasteiger partial charge in [0.05, 0.1) is 5.56 Å². The summed E-state index contributed by atoms with van der Waals surface area (Å²) in [5.74, 6) is -1.03. The molecule has 2 aromatic rings. The molecule has 5 heteroatoms. The molecular weight excluding hydrogens is 226 g/mol. The summed E-state index contributed by atoms with van der Waals surface area (Å²) in [4.78, 5) is 23.3. The number of aromatic nitrogens is 1. The first kappa shape index (κ1) is 10.6. The zero-order chi connectivity index (χ0) is 11.7. The van der Waals surface area contributed by atoms with Gasteiger partial charge in [-0.15, -0.1) is 11.3 Å². The Morgan fingerprint density at radius 2 is 2.25 bits per heavy atom. The van der Waals surface area contributed by atoms with Gasteiger partial charge in [-0.25, -0.2) is 4.79 Å². The molecule has 0 radical (unpaired) electrons. The number of hydrogen-bond donors (Lipinski definition) is 1. The average Bonchev–Trinajstić information content (AvgIpc) is 2.74. The largest absolute Gasteiger partial charge is 0.478 e. The smallest absolute Gasteiger partial charge is 0.337 e. The maximum atomic E-state index is 11.5. The van der Waals surface area contributed by atoms with Gasteiger partial charge in [0.1, 0.15) is 0 Å². The molecule has 0 saturated heterocycles. The van der Waals surface area contributed by atoms with Gasteiger partial charge in [-0.1, -0.05) is 6.07 Å². The van der Waals surface area contributed by atoms with Gasteiger partial charge < -0.3 is 9.67 Å². The number of nitrogens with zero attached hydrogens (tertiary/aromatic N) is 1. The standard InChI is InChI=1S/C11H9NO3S/c1-12-6-8(11(14)15)7(5-10(12)13)9-3-2-4-16-9/h2-6H,1H3,(H,14,15). The molecule has 16 heavy (non-hydrogen) atoms. The molecule has 0 aromatic carbocycles. The molecule has 0 aliphatic heterocycles. The lowest BCUT2D eigenvalue weighted by atomic mass is 10.1. The molecule has 4 nitrogen and oxygen atoms in total. The van der Waals surface area contributed by atoms with Crippen LogP contribution in [0.4, 0.5) is 0 Å². The van der Waals surface area contributed by atoms with Crippen molar-refractivity contribution in [3.8, 4) is 10.4 Å². The summed E-state index contributed by atoms with van der Waals surface area (Å²) in [6.07, 6.45) is 1.35. The van der Waals surface area contributed by atoms with Gasteiger partial charge in [0, 0.05) is 29.8 Å². The van der Waals surface area contributed by atoms with Crippen molar-refractivity contribution in [2.45, 2.75) is 0 Å². The van der Waals surface area contributed by atoms with Crippen LogP contribution in [0.15, 0.2) is 34.6 Å². The van der Waals surface area contributed by atoms with Crippen molar-refractivity contribution in [2.24, 2.45) is 7.05 Å². The molecular formula is C11H9NO3S. The van der Waals surface area contributed by atoms with Crippen LogP contribution < -0.4 is 5.56 Å². The predicted molar refractivity (Wildman–Crippen MR) is 62.0 cm³/mol. The Kier molecular flexibility index (Phi) is 2.62. The van der Waals surface area contributed by atoms with Crippen LogP contribution in [0.25, 0.3) is 10.4 Å². The summed E-state index contributed by atoms with van der Waals surface area (Å²) < 4.78 is 1.26. The predicted octanol–water partition coefficient (Wildman–Crippen LogP) is 1.81. The Morgan fingerprint density at radius 3 is 2.81 bits per heavy atom. The van der Waals surface area contributed by atoms with Crippen molar-refractivity contribution >= 4 is 17.3 Å². The van der Waals surface area contributed by atoms with E-state index in [4.69, 9.17) is 5.11 Å². The van der Waals surface area contributed by atoms with Crippen LogP contribution in [-0.4, -0.2) is 15.6 Å². The number of rotatable bonds is 2. The van der Waals surface area contributed by atoms with Crippen LogP contribution in [0.2, 0.25) is 0 Å². The van der Waals surface area contributed by atoms with E-state index in [-0.39, 0.29) is 11.1 Å². The molecule has 2 heterocycles. The summed E-state index contributed by atoms with van der Waals surface area (Å²) in [5.41, 5.74) is 0.406. The highest BCUT2D eigenvalue weighted by Gasteiger charge is 2.14. The van der Waals surface area contributed by atoms with Crippen molar-refractivity contribution in [3.05, 3.63) is 45.7 Å². The fraction of sp³-hybridized carbons (Fsp3) is 0.0909. The molecule has 82 valence electrons. The Morgan fingerprint density at radius 1 is 1.50 bits per heavy atom. The van der Waals surface area contributed by atoms with Crippen molar-refractivity contribution < 1.29 is 9.90 Å². The van der Waals surface area contributed by atoms with Gasteiger partial charge in [0.25, 0.3) is 5.56 Å². The number of carbonyl (C=O) groups is 1. The quantitative estimate of drug-likeness (QED) is 0.863. The molecule has 2 aromatic heterocycles. The fourth-order valence-electron chi connectivity index (χ4n) is 1.44. The number of carboxylic acid groups (broad SMARTS) is 1. The highest BCUT2D eigenvalue weighted by molar-refractivity contribution is 7.13. The van der Waals surface area contributed by atoms with Gasteiger partial charge in [-0.2, -0.15) is 0 Å². The first-order valence-corrected chi connectivity index (χ1v) is 5.45. The van der Waals surface area contributed by atoms with E-state index < -0.39 is 5.97 Å². The molecule has 0 atom stereocenters. The van der Waals surface area contributed by atoms with Crippen molar-refractivity contribution in [1.29, 1.82) is 0 Å². The summed E-state index contributed by atoms with van der Waals surface area (Å²) in [7, 11) is 1.53. The van der Waals surface area contributed by atoms with E-state index in [1.165, 1.54) is 35.2 Å². The summed E-state index contributed by atoms with van der Waals surface area (Å²) in [5, 5.41) is 10.9.